The summed E-state index contributed by atoms with van der Waals surface area (Å²) in [6, 6.07) is 8.17. The Morgan fingerprint density at radius 1 is 1.47 bits per heavy atom. The van der Waals surface area contributed by atoms with E-state index in [0.29, 0.717) is 6.04 Å². The van der Waals surface area contributed by atoms with Gasteiger partial charge in [0.05, 0.1) is 6.61 Å². The third-order valence-electron chi connectivity index (χ3n) is 2.26. The van der Waals surface area contributed by atoms with Gasteiger partial charge in [0.15, 0.2) is 0 Å². The molecule has 1 rings (SSSR count). The van der Waals surface area contributed by atoms with Crippen molar-refractivity contribution in [2.24, 2.45) is 0 Å². The van der Waals surface area contributed by atoms with Gasteiger partial charge < -0.3 is 15.8 Å². The molecule has 0 amide bonds. The number of hydrogen-bond donors (Lipinski definition) is 2. The molecule has 1 atom stereocenters. The lowest BCUT2D eigenvalue weighted by atomic mass is 10.1. The summed E-state index contributed by atoms with van der Waals surface area (Å²) in [4.78, 5) is 0. The third kappa shape index (κ3) is 4.21. The first-order chi connectivity index (χ1) is 7.26. The number of nitrogens with two attached hydrogens (primary N) is 1. The Balaban J connectivity index is 2.56. The lowest BCUT2D eigenvalue weighted by Crippen LogP contribution is -2.24. The van der Waals surface area contributed by atoms with Gasteiger partial charge in [0.25, 0.3) is 0 Å². The van der Waals surface area contributed by atoms with Crippen molar-refractivity contribution < 1.29 is 4.74 Å². The lowest BCUT2D eigenvalue weighted by Gasteiger charge is -2.18. The molecule has 0 saturated heterocycles. The molecule has 0 fully saturated rings. The number of rotatable bonds is 6. The maximum absolute atomic E-state index is 5.71. The molecule has 0 bridgehead atoms. The van der Waals surface area contributed by atoms with Gasteiger partial charge in [-0.05, 0) is 24.6 Å². The summed E-state index contributed by atoms with van der Waals surface area (Å²) in [5.41, 5.74) is 7.56. The van der Waals surface area contributed by atoms with Crippen LogP contribution in [-0.4, -0.2) is 19.8 Å². The van der Waals surface area contributed by atoms with Crippen molar-refractivity contribution in [1.29, 1.82) is 0 Å². The van der Waals surface area contributed by atoms with Gasteiger partial charge in [-0.3, -0.25) is 0 Å². The van der Waals surface area contributed by atoms with Gasteiger partial charge in [-0.1, -0.05) is 19.4 Å². The largest absolute Gasteiger partial charge is 0.399 e. The van der Waals surface area contributed by atoms with Gasteiger partial charge in [-0.2, -0.15) is 0 Å². The smallest absolute Gasteiger partial charge is 0.0664 e. The summed E-state index contributed by atoms with van der Waals surface area (Å²) in [5, 5.41) is 3.42. The van der Waals surface area contributed by atoms with Crippen LogP contribution in [0, 0.1) is 0 Å². The highest BCUT2D eigenvalue weighted by atomic mass is 16.5. The number of anilines is 2. The number of methoxy groups -OCH3 is 1. The van der Waals surface area contributed by atoms with Crippen LogP contribution in [-0.2, 0) is 4.74 Å². The minimum atomic E-state index is 0.363. The SMILES string of the molecule is CCCC(COC)Nc1cccc(N)c1. The summed E-state index contributed by atoms with van der Waals surface area (Å²) in [5.74, 6) is 0. The zero-order valence-electron chi connectivity index (χ0n) is 9.49. The number of hydrogen-bond acceptors (Lipinski definition) is 3. The van der Waals surface area contributed by atoms with Crippen LogP contribution in [0.1, 0.15) is 19.8 Å². The fourth-order valence-corrected chi connectivity index (χ4v) is 1.61. The normalized spacial score (nSPS) is 12.4. The van der Waals surface area contributed by atoms with Crippen molar-refractivity contribution in [3.05, 3.63) is 24.3 Å². The van der Waals surface area contributed by atoms with E-state index in [1.54, 1.807) is 7.11 Å². The first-order valence-electron chi connectivity index (χ1n) is 5.37. The van der Waals surface area contributed by atoms with Crippen LogP contribution < -0.4 is 11.1 Å². The van der Waals surface area contributed by atoms with Crippen LogP contribution in [0.3, 0.4) is 0 Å². The average Bonchev–Trinajstić information content (AvgIpc) is 2.18. The Morgan fingerprint density at radius 2 is 2.27 bits per heavy atom. The van der Waals surface area contributed by atoms with Crippen molar-refractivity contribution in [2.75, 3.05) is 24.8 Å². The highest BCUT2D eigenvalue weighted by molar-refractivity contribution is 5.54. The Kier molecular flexibility index (Phi) is 4.98. The Morgan fingerprint density at radius 3 is 2.87 bits per heavy atom. The lowest BCUT2D eigenvalue weighted by molar-refractivity contribution is 0.182. The van der Waals surface area contributed by atoms with Crippen molar-refractivity contribution in [3.8, 4) is 0 Å². The molecule has 1 unspecified atom stereocenters. The molecule has 0 spiro atoms. The first kappa shape index (κ1) is 11.9. The van der Waals surface area contributed by atoms with E-state index in [2.05, 4.69) is 12.2 Å². The second-order valence-corrected chi connectivity index (χ2v) is 3.71. The second kappa shape index (κ2) is 6.30. The van der Waals surface area contributed by atoms with E-state index >= 15 is 0 Å². The van der Waals surface area contributed by atoms with Crippen LogP contribution in [0.25, 0.3) is 0 Å². The second-order valence-electron chi connectivity index (χ2n) is 3.71. The third-order valence-corrected chi connectivity index (χ3v) is 2.26. The fraction of sp³-hybridized carbons (Fsp3) is 0.500. The monoisotopic (exact) mass is 208 g/mol. The van der Waals surface area contributed by atoms with Crippen LogP contribution >= 0.6 is 0 Å². The molecular formula is C12H20N2O. The van der Waals surface area contributed by atoms with E-state index in [-0.39, 0.29) is 0 Å². The summed E-state index contributed by atoms with van der Waals surface area (Å²) in [6.07, 6.45) is 2.24. The molecule has 3 nitrogen and oxygen atoms in total. The van der Waals surface area contributed by atoms with Crippen molar-refractivity contribution >= 4 is 11.4 Å². The Bertz CT molecular complexity index is 283. The molecule has 15 heavy (non-hydrogen) atoms. The molecule has 0 heterocycles. The molecule has 1 aromatic carbocycles. The van der Waals surface area contributed by atoms with Crippen LogP contribution in [0.2, 0.25) is 0 Å². The van der Waals surface area contributed by atoms with Gasteiger partial charge in [-0.25, -0.2) is 0 Å². The molecule has 3 heteroatoms. The number of benzene rings is 1. The van der Waals surface area contributed by atoms with E-state index in [4.69, 9.17) is 10.5 Å². The maximum atomic E-state index is 5.71. The van der Waals surface area contributed by atoms with E-state index in [0.717, 1.165) is 30.8 Å². The predicted octanol–water partition coefficient (Wildman–Crippen LogP) is 2.50. The Hall–Kier alpha value is -1.22. The highest BCUT2D eigenvalue weighted by Crippen LogP contribution is 2.14. The number of nitrogens with one attached hydrogen (secondary N) is 1. The van der Waals surface area contributed by atoms with Crippen LogP contribution in [0.5, 0.6) is 0 Å². The Labute approximate surface area is 91.6 Å². The molecule has 0 aliphatic carbocycles. The summed E-state index contributed by atoms with van der Waals surface area (Å²) in [7, 11) is 1.73. The van der Waals surface area contributed by atoms with Gasteiger partial charge >= 0.3 is 0 Å². The quantitative estimate of drug-likeness (QED) is 0.706. The minimum Gasteiger partial charge on any atom is -0.399 e. The van der Waals surface area contributed by atoms with Gasteiger partial charge in [0, 0.05) is 24.5 Å². The van der Waals surface area contributed by atoms with Crippen LogP contribution in [0.15, 0.2) is 24.3 Å². The molecule has 84 valence electrons. The van der Waals surface area contributed by atoms with Crippen molar-refractivity contribution in [2.45, 2.75) is 25.8 Å². The van der Waals surface area contributed by atoms with Crippen molar-refractivity contribution in [1.82, 2.24) is 0 Å². The maximum Gasteiger partial charge on any atom is 0.0664 e. The molecule has 0 aliphatic rings. The fourth-order valence-electron chi connectivity index (χ4n) is 1.61. The molecule has 3 N–H and O–H groups in total. The highest BCUT2D eigenvalue weighted by Gasteiger charge is 2.06. The first-order valence-corrected chi connectivity index (χ1v) is 5.37. The van der Waals surface area contributed by atoms with E-state index in [1.807, 2.05) is 24.3 Å². The van der Waals surface area contributed by atoms with Gasteiger partial charge in [0.2, 0.25) is 0 Å². The number of ether oxygens (including phenoxy) is 1. The molecule has 1 aromatic rings. The summed E-state index contributed by atoms with van der Waals surface area (Å²) >= 11 is 0. The minimum absolute atomic E-state index is 0.363. The molecular weight excluding hydrogens is 188 g/mol. The molecule has 0 aromatic heterocycles. The van der Waals surface area contributed by atoms with E-state index in [1.165, 1.54) is 0 Å². The summed E-state index contributed by atoms with van der Waals surface area (Å²) in [6.45, 7) is 2.90. The van der Waals surface area contributed by atoms with E-state index < -0.39 is 0 Å². The zero-order chi connectivity index (χ0) is 11.1. The number of nitrogen functional groups attached to an aromatic ring is 1. The van der Waals surface area contributed by atoms with E-state index in [9.17, 15) is 0 Å². The molecule has 0 radical (unpaired) electrons. The average molecular weight is 208 g/mol. The predicted molar refractivity (Wildman–Crippen MR) is 65.0 cm³/mol. The summed E-state index contributed by atoms with van der Waals surface area (Å²) < 4.78 is 5.17. The standard InChI is InChI=1S/C12H20N2O/c1-3-5-12(9-15-2)14-11-7-4-6-10(13)8-11/h4,6-8,12,14H,3,5,9,13H2,1-2H3. The van der Waals surface area contributed by atoms with Gasteiger partial charge in [0.1, 0.15) is 0 Å². The van der Waals surface area contributed by atoms with Crippen LogP contribution in [0.4, 0.5) is 11.4 Å². The zero-order valence-corrected chi connectivity index (χ0v) is 9.49. The molecule has 0 aliphatic heterocycles. The topological polar surface area (TPSA) is 47.3 Å². The van der Waals surface area contributed by atoms with Crippen molar-refractivity contribution in [3.63, 3.8) is 0 Å². The van der Waals surface area contributed by atoms with Gasteiger partial charge in [-0.15, -0.1) is 0 Å². The molecule has 0 saturated carbocycles.